The van der Waals surface area contributed by atoms with Crippen molar-refractivity contribution in [3.63, 3.8) is 0 Å². The first-order valence-corrected chi connectivity index (χ1v) is 6.74. The second-order valence-corrected chi connectivity index (χ2v) is 4.95. The summed E-state index contributed by atoms with van der Waals surface area (Å²) in [6.45, 7) is 3.00. The van der Waals surface area contributed by atoms with Gasteiger partial charge in [0, 0.05) is 26.2 Å². The fourth-order valence-corrected chi connectivity index (χ4v) is 1.99. The summed E-state index contributed by atoms with van der Waals surface area (Å²) in [5.74, 6) is 1.40. The molecule has 1 rings (SSSR count). The van der Waals surface area contributed by atoms with E-state index in [4.69, 9.17) is 25.1 Å². The van der Waals surface area contributed by atoms with Crippen molar-refractivity contribution in [2.45, 2.75) is 25.4 Å². The summed E-state index contributed by atoms with van der Waals surface area (Å²) in [5, 5.41) is 8.81. The zero-order valence-corrected chi connectivity index (χ0v) is 12.5. The molecule has 0 saturated heterocycles. The van der Waals surface area contributed by atoms with Crippen LogP contribution >= 0.6 is 0 Å². The molecule has 0 aromatic heterocycles. The van der Waals surface area contributed by atoms with Crippen molar-refractivity contribution in [3.05, 3.63) is 23.8 Å². The van der Waals surface area contributed by atoms with Gasteiger partial charge in [-0.3, -0.25) is 0 Å². The number of nitrogens with two attached hydrogens (primary N) is 1. The molecule has 0 spiro atoms. The van der Waals surface area contributed by atoms with Gasteiger partial charge < -0.3 is 25.1 Å². The molecule has 0 bridgehead atoms. The Morgan fingerprint density at radius 1 is 1.20 bits per heavy atom. The van der Waals surface area contributed by atoms with Crippen molar-refractivity contribution in [2.75, 3.05) is 34.0 Å². The highest BCUT2D eigenvalue weighted by molar-refractivity contribution is 5.43. The van der Waals surface area contributed by atoms with Gasteiger partial charge in [0.2, 0.25) is 0 Å². The molecule has 0 fully saturated rings. The summed E-state index contributed by atoms with van der Waals surface area (Å²) in [7, 11) is 3.22. The number of hydrogen-bond donors (Lipinski definition) is 2. The average molecular weight is 283 g/mol. The van der Waals surface area contributed by atoms with Crippen LogP contribution in [0.1, 0.15) is 18.9 Å². The molecule has 5 heteroatoms. The van der Waals surface area contributed by atoms with Crippen LogP contribution in [0, 0.1) is 0 Å². The Hall–Kier alpha value is -1.30. The monoisotopic (exact) mass is 283 g/mol. The van der Waals surface area contributed by atoms with Crippen molar-refractivity contribution in [3.8, 4) is 11.5 Å². The van der Waals surface area contributed by atoms with Crippen LogP contribution in [0.15, 0.2) is 18.2 Å². The Morgan fingerprint density at radius 2 is 1.90 bits per heavy atom. The third-order valence-corrected chi connectivity index (χ3v) is 3.21. The van der Waals surface area contributed by atoms with Crippen LogP contribution < -0.4 is 15.2 Å². The SMILES string of the molecule is COc1ccc(CC(C)(CN)OCCCO)cc1OC. The molecule has 0 radical (unpaired) electrons. The van der Waals surface area contributed by atoms with Crippen molar-refractivity contribution < 1.29 is 19.3 Å². The van der Waals surface area contributed by atoms with E-state index in [1.807, 2.05) is 25.1 Å². The first-order chi connectivity index (χ1) is 9.58. The van der Waals surface area contributed by atoms with Gasteiger partial charge in [0.25, 0.3) is 0 Å². The molecule has 20 heavy (non-hydrogen) atoms. The van der Waals surface area contributed by atoms with Gasteiger partial charge in [0.1, 0.15) is 0 Å². The van der Waals surface area contributed by atoms with Crippen molar-refractivity contribution in [2.24, 2.45) is 5.73 Å². The minimum absolute atomic E-state index is 0.122. The molecule has 1 unspecified atom stereocenters. The Morgan fingerprint density at radius 3 is 2.45 bits per heavy atom. The average Bonchev–Trinajstić information content (AvgIpc) is 2.47. The van der Waals surface area contributed by atoms with Gasteiger partial charge in [-0.15, -0.1) is 0 Å². The van der Waals surface area contributed by atoms with Gasteiger partial charge >= 0.3 is 0 Å². The smallest absolute Gasteiger partial charge is 0.160 e. The molecule has 114 valence electrons. The number of rotatable bonds is 9. The van der Waals surface area contributed by atoms with Crippen LogP contribution in [-0.4, -0.2) is 44.7 Å². The second kappa shape index (κ2) is 8.09. The van der Waals surface area contributed by atoms with Crippen LogP contribution in [0.2, 0.25) is 0 Å². The Bertz CT molecular complexity index is 411. The predicted octanol–water partition coefficient (Wildman–Crippen LogP) is 1.36. The first-order valence-electron chi connectivity index (χ1n) is 6.74. The molecule has 1 aromatic rings. The summed E-state index contributed by atoms with van der Waals surface area (Å²) in [6.07, 6.45) is 1.29. The molecule has 0 aliphatic carbocycles. The summed E-state index contributed by atoms with van der Waals surface area (Å²) >= 11 is 0. The van der Waals surface area contributed by atoms with E-state index in [2.05, 4.69) is 0 Å². The van der Waals surface area contributed by atoms with E-state index in [1.54, 1.807) is 14.2 Å². The van der Waals surface area contributed by atoms with E-state index in [0.717, 1.165) is 5.56 Å². The van der Waals surface area contributed by atoms with Crippen LogP contribution in [0.5, 0.6) is 11.5 Å². The van der Waals surface area contributed by atoms with Gasteiger partial charge in [-0.2, -0.15) is 0 Å². The van der Waals surface area contributed by atoms with Crippen molar-refractivity contribution in [1.82, 2.24) is 0 Å². The lowest BCUT2D eigenvalue weighted by molar-refractivity contribution is -0.0292. The van der Waals surface area contributed by atoms with Crippen molar-refractivity contribution >= 4 is 0 Å². The maximum absolute atomic E-state index is 8.81. The van der Waals surface area contributed by atoms with Crippen LogP contribution in [0.25, 0.3) is 0 Å². The number of methoxy groups -OCH3 is 2. The zero-order valence-electron chi connectivity index (χ0n) is 12.5. The molecular weight excluding hydrogens is 258 g/mol. The number of aliphatic hydroxyl groups is 1. The van der Waals surface area contributed by atoms with Crippen LogP contribution in [0.4, 0.5) is 0 Å². The Labute approximate surface area is 120 Å². The molecule has 0 amide bonds. The molecule has 0 saturated carbocycles. The number of hydrogen-bond acceptors (Lipinski definition) is 5. The van der Waals surface area contributed by atoms with Gasteiger partial charge in [-0.05, 0) is 31.0 Å². The van der Waals surface area contributed by atoms with Gasteiger partial charge in [-0.25, -0.2) is 0 Å². The van der Waals surface area contributed by atoms with Crippen molar-refractivity contribution in [1.29, 1.82) is 0 Å². The quantitative estimate of drug-likeness (QED) is 0.669. The molecule has 0 heterocycles. The highest BCUT2D eigenvalue weighted by atomic mass is 16.5. The summed E-state index contributed by atoms with van der Waals surface area (Å²) in [4.78, 5) is 0. The highest BCUT2D eigenvalue weighted by Gasteiger charge is 2.24. The number of benzene rings is 1. The molecule has 0 aliphatic heterocycles. The number of aliphatic hydroxyl groups excluding tert-OH is 1. The maximum atomic E-state index is 8.81. The topological polar surface area (TPSA) is 73.9 Å². The maximum Gasteiger partial charge on any atom is 0.160 e. The van der Waals surface area contributed by atoms with Crippen LogP contribution in [-0.2, 0) is 11.2 Å². The van der Waals surface area contributed by atoms with E-state index in [9.17, 15) is 0 Å². The van der Waals surface area contributed by atoms with Gasteiger partial charge in [0.15, 0.2) is 11.5 Å². The molecule has 1 atom stereocenters. The summed E-state index contributed by atoms with van der Waals surface area (Å²) in [5.41, 5.74) is 6.44. The minimum atomic E-state index is -0.450. The zero-order chi connectivity index (χ0) is 15.0. The largest absolute Gasteiger partial charge is 0.493 e. The minimum Gasteiger partial charge on any atom is -0.493 e. The fraction of sp³-hybridized carbons (Fsp3) is 0.600. The summed E-state index contributed by atoms with van der Waals surface area (Å²) < 4.78 is 16.3. The summed E-state index contributed by atoms with van der Waals surface area (Å²) in [6, 6.07) is 5.78. The predicted molar refractivity (Wildman–Crippen MR) is 78.4 cm³/mol. The standard InChI is InChI=1S/C15H25NO4/c1-15(11-16,20-8-4-7-17)10-12-5-6-13(18-2)14(9-12)19-3/h5-6,9,17H,4,7-8,10-11,16H2,1-3H3. The normalized spacial score (nSPS) is 13.8. The molecule has 0 aliphatic rings. The Kier molecular flexibility index (Phi) is 6.78. The molecule has 3 N–H and O–H groups in total. The fourth-order valence-electron chi connectivity index (χ4n) is 1.99. The van der Waals surface area contributed by atoms with E-state index in [0.29, 0.717) is 37.5 Å². The molecule has 5 nitrogen and oxygen atoms in total. The third-order valence-electron chi connectivity index (χ3n) is 3.21. The molecule has 1 aromatic carbocycles. The molecular formula is C15H25NO4. The lowest BCUT2D eigenvalue weighted by atomic mass is 9.96. The number of ether oxygens (including phenoxy) is 3. The van der Waals surface area contributed by atoms with E-state index < -0.39 is 5.60 Å². The lowest BCUT2D eigenvalue weighted by Gasteiger charge is -2.29. The Balaban J connectivity index is 2.78. The first kappa shape index (κ1) is 16.8. The van der Waals surface area contributed by atoms with E-state index in [-0.39, 0.29) is 6.61 Å². The highest BCUT2D eigenvalue weighted by Crippen LogP contribution is 2.29. The van der Waals surface area contributed by atoms with Gasteiger partial charge in [0.05, 0.1) is 19.8 Å². The second-order valence-electron chi connectivity index (χ2n) is 4.95. The lowest BCUT2D eigenvalue weighted by Crippen LogP contribution is -2.40. The van der Waals surface area contributed by atoms with Crippen LogP contribution in [0.3, 0.4) is 0 Å². The van der Waals surface area contributed by atoms with E-state index >= 15 is 0 Å². The van der Waals surface area contributed by atoms with E-state index in [1.165, 1.54) is 0 Å². The third kappa shape index (κ3) is 4.67. The van der Waals surface area contributed by atoms with Gasteiger partial charge in [-0.1, -0.05) is 6.07 Å².